The zero-order valence-corrected chi connectivity index (χ0v) is 17.2. The molecule has 0 atom stereocenters. The molecule has 7 heteroatoms. The molecule has 0 aliphatic rings. The van der Waals surface area contributed by atoms with Gasteiger partial charge < -0.3 is 16.0 Å². The van der Waals surface area contributed by atoms with E-state index in [4.69, 9.17) is 11.6 Å². The first-order valence-corrected chi connectivity index (χ1v) is 7.68. The molecule has 1 rings (SSSR count). The van der Waals surface area contributed by atoms with E-state index < -0.39 is 0 Å². The number of hydrogen-bond acceptors (Lipinski definition) is 2. The Bertz CT molecular complexity index is 512. The van der Waals surface area contributed by atoms with E-state index in [0.29, 0.717) is 5.96 Å². The third kappa shape index (κ3) is 10.4. The molecular formula is C16H26ClIN4O. The second-order valence-corrected chi connectivity index (χ2v) is 6.46. The number of benzene rings is 1. The molecule has 0 aromatic heterocycles. The van der Waals surface area contributed by atoms with Crippen LogP contribution in [0.25, 0.3) is 0 Å². The van der Waals surface area contributed by atoms with Gasteiger partial charge in [0.1, 0.15) is 0 Å². The quantitative estimate of drug-likeness (QED) is 0.365. The van der Waals surface area contributed by atoms with E-state index in [1.807, 2.05) is 45.0 Å². The van der Waals surface area contributed by atoms with Crippen molar-refractivity contribution in [1.82, 2.24) is 16.0 Å². The van der Waals surface area contributed by atoms with Gasteiger partial charge in [0.05, 0.1) is 6.54 Å². The van der Waals surface area contributed by atoms with Gasteiger partial charge in [-0.3, -0.25) is 9.79 Å². The van der Waals surface area contributed by atoms with E-state index >= 15 is 0 Å². The average Bonchev–Trinajstić information content (AvgIpc) is 2.42. The Labute approximate surface area is 160 Å². The van der Waals surface area contributed by atoms with Crippen LogP contribution < -0.4 is 16.0 Å². The van der Waals surface area contributed by atoms with Crippen LogP contribution in [-0.2, 0) is 11.2 Å². The van der Waals surface area contributed by atoms with Crippen LogP contribution in [0.5, 0.6) is 0 Å². The molecule has 0 saturated heterocycles. The van der Waals surface area contributed by atoms with Gasteiger partial charge in [0.2, 0.25) is 5.91 Å². The Morgan fingerprint density at radius 2 is 1.78 bits per heavy atom. The number of nitrogens with one attached hydrogen (secondary N) is 3. The van der Waals surface area contributed by atoms with Crippen LogP contribution in [0, 0.1) is 0 Å². The van der Waals surface area contributed by atoms with Crippen LogP contribution in [0.4, 0.5) is 0 Å². The highest BCUT2D eigenvalue weighted by atomic mass is 127. The summed E-state index contributed by atoms with van der Waals surface area (Å²) in [6.07, 6.45) is 0.853. The second kappa shape index (κ2) is 10.7. The summed E-state index contributed by atoms with van der Waals surface area (Å²) >= 11 is 5.85. The zero-order chi connectivity index (χ0) is 16.6. The second-order valence-electron chi connectivity index (χ2n) is 6.03. The molecular weight excluding hydrogens is 427 g/mol. The molecule has 0 radical (unpaired) electrons. The Morgan fingerprint density at radius 1 is 1.17 bits per heavy atom. The maximum absolute atomic E-state index is 11.7. The molecule has 1 aromatic rings. The van der Waals surface area contributed by atoms with Crippen LogP contribution in [0.15, 0.2) is 29.3 Å². The molecule has 5 nitrogen and oxygen atoms in total. The van der Waals surface area contributed by atoms with Gasteiger partial charge in [0.15, 0.2) is 5.96 Å². The van der Waals surface area contributed by atoms with Gasteiger partial charge >= 0.3 is 0 Å². The minimum Gasteiger partial charge on any atom is -0.356 e. The molecule has 0 heterocycles. The molecule has 0 fully saturated rings. The molecule has 23 heavy (non-hydrogen) atoms. The van der Waals surface area contributed by atoms with Crippen LogP contribution in [0.2, 0.25) is 5.02 Å². The highest BCUT2D eigenvalue weighted by Crippen LogP contribution is 2.09. The molecule has 130 valence electrons. The molecule has 0 spiro atoms. The highest BCUT2D eigenvalue weighted by molar-refractivity contribution is 14.0. The third-order valence-corrected chi connectivity index (χ3v) is 3.03. The molecule has 0 bridgehead atoms. The summed E-state index contributed by atoms with van der Waals surface area (Å²) < 4.78 is 0. The lowest BCUT2D eigenvalue weighted by atomic mass is 10.1. The van der Waals surface area contributed by atoms with E-state index in [1.165, 1.54) is 5.56 Å². The van der Waals surface area contributed by atoms with Gasteiger partial charge in [0.25, 0.3) is 0 Å². The lowest BCUT2D eigenvalue weighted by Crippen LogP contribution is -2.48. The molecule has 1 aromatic carbocycles. The fourth-order valence-corrected chi connectivity index (χ4v) is 1.95. The largest absolute Gasteiger partial charge is 0.356 e. The van der Waals surface area contributed by atoms with Gasteiger partial charge in [0, 0.05) is 24.2 Å². The number of nitrogens with zero attached hydrogens (tertiary/aromatic N) is 1. The van der Waals surface area contributed by atoms with Crippen molar-refractivity contribution in [2.24, 2.45) is 4.99 Å². The Balaban J connectivity index is 0.00000484. The normalized spacial score (nSPS) is 11.4. The van der Waals surface area contributed by atoms with Gasteiger partial charge in [-0.1, -0.05) is 23.7 Å². The third-order valence-electron chi connectivity index (χ3n) is 2.77. The highest BCUT2D eigenvalue weighted by Gasteiger charge is 2.13. The molecule has 3 N–H and O–H groups in total. The lowest BCUT2D eigenvalue weighted by molar-refractivity contribution is -0.121. The Hall–Kier alpha value is -1.02. The molecule has 0 saturated carbocycles. The Kier molecular flexibility index (Phi) is 10.2. The minimum absolute atomic E-state index is 0. The van der Waals surface area contributed by atoms with Crippen molar-refractivity contribution in [3.63, 3.8) is 0 Å². The SMILES string of the molecule is CN=C(NCCc1ccc(Cl)cc1)NCC(=O)NC(C)(C)C.I. The van der Waals surface area contributed by atoms with Crippen LogP contribution >= 0.6 is 35.6 Å². The number of carbonyl (C=O) groups is 1. The number of rotatable bonds is 5. The number of amides is 1. The molecule has 0 unspecified atom stereocenters. The molecule has 0 aliphatic carbocycles. The smallest absolute Gasteiger partial charge is 0.239 e. The van der Waals surface area contributed by atoms with E-state index in [2.05, 4.69) is 20.9 Å². The van der Waals surface area contributed by atoms with Crippen molar-refractivity contribution in [2.75, 3.05) is 20.1 Å². The minimum atomic E-state index is -0.232. The number of guanidine groups is 1. The Morgan fingerprint density at radius 3 is 2.30 bits per heavy atom. The van der Waals surface area contributed by atoms with E-state index in [9.17, 15) is 4.79 Å². The standard InChI is InChI=1S/C16H25ClN4O.HI/c1-16(2,3)21-14(22)11-20-15(18-4)19-10-9-12-5-7-13(17)8-6-12;/h5-8H,9-11H2,1-4H3,(H,21,22)(H2,18,19,20);1H. The summed E-state index contributed by atoms with van der Waals surface area (Å²) in [4.78, 5) is 15.8. The summed E-state index contributed by atoms with van der Waals surface area (Å²) in [5, 5.41) is 9.79. The van der Waals surface area contributed by atoms with Crippen LogP contribution in [0.1, 0.15) is 26.3 Å². The van der Waals surface area contributed by atoms with Crippen molar-refractivity contribution < 1.29 is 4.79 Å². The van der Waals surface area contributed by atoms with Crippen molar-refractivity contribution in [3.8, 4) is 0 Å². The van der Waals surface area contributed by atoms with Gasteiger partial charge in [-0.05, 0) is 44.9 Å². The summed E-state index contributed by atoms with van der Waals surface area (Å²) in [7, 11) is 1.68. The van der Waals surface area contributed by atoms with Crippen molar-refractivity contribution in [3.05, 3.63) is 34.9 Å². The van der Waals surface area contributed by atoms with Crippen LogP contribution in [0.3, 0.4) is 0 Å². The molecule has 1 amide bonds. The van der Waals surface area contributed by atoms with E-state index in [0.717, 1.165) is 18.0 Å². The maximum Gasteiger partial charge on any atom is 0.239 e. The van der Waals surface area contributed by atoms with E-state index in [1.54, 1.807) is 7.05 Å². The maximum atomic E-state index is 11.7. The fourth-order valence-electron chi connectivity index (χ4n) is 1.82. The summed E-state index contributed by atoms with van der Waals surface area (Å²) in [6.45, 7) is 6.76. The van der Waals surface area contributed by atoms with Gasteiger partial charge in [-0.2, -0.15) is 0 Å². The fraction of sp³-hybridized carbons (Fsp3) is 0.500. The lowest BCUT2D eigenvalue weighted by Gasteiger charge is -2.21. The summed E-state index contributed by atoms with van der Waals surface area (Å²) in [6, 6.07) is 7.75. The number of halogens is 2. The van der Waals surface area contributed by atoms with Gasteiger partial charge in [-0.15, -0.1) is 24.0 Å². The predicted octanol–water partition coefficient (Wildman–Crippen LogP) is 2.58. The summed E-state index contributed by atoms with van der Waals surface area (Å²) in [5.74, 6) is 0.547. The number of hydrogen-bond donors (Lipinski definition) is 3. The van der Waals surface area contributed by atoms with Crippen LogP contribution in [-0.4, -0.2) is 37.5 Å². The average molecular weight is 453 g/mol. The topological polar surface area (TPSA) is 65.5 Å². The first kappa shape index (κ1) is 22.0. The van der Waals surface area contributed by atoms with Crippen molar-refractivity contribution in [1.29, 1.82) is 0 Å². The molecule has 0 aliphatic heterocycles. The van der Waals surface area contributed by atoms with E-state index in [-0.39, 0.29) is 42.0 Å². The number of aliphatic imine (C=N–C) groups is 1. The first-order chi connectivity index (χ1) is 10.3. The van der Waals surface area contributed by atoms with Crippen molar-refractivity contribution in [2.45, 2.75) is 32.7 Å². The number of carbonyl (C=O) groups excluding carboxylic acids is 1. The van der Waals surface area contributed by atoms with Crippen molar-refractivity contribution >= 4 is 47.4 Å². The van der Waals surface area contributed by atoms with Gasteiger partial charge in [-0.25, -0.2) is 0 Å². The zero-order valence-electron chi connectivity index (χ0n) is 14.1. The predicted molar refractivity (Wildman–Crippen MR) is 108 cm³/mol. The summed E-state index contributed by atoms with van der Waals surface area (Å²) in [5.41, 5.74) is 0.961. The monoisotopic (exact) mass is 452 g/mol. The first-order valence-electron chi connectivity index (χ1n) is 7.30.